The van der Waals surface area contributed by atoms with Gasteiger partial charge in [-0.3, -0.25) is 10.1 Å². The maximum atomic E-state index is 10.9. The molecule has 2 aromatic carbocycles. The fraction of sp³-hybridized carbons (Fsp3) is 0. The van der Waals surface area contributed by atoms with E-state index in [2.05, 4.69) is 0 Å². The number of rotatable bonds is 1. The molecule has 2 N–H and O–H groups in total. The summed E-state index contributed by atoms with van der Waals surface area (Å²) in [7, 11) is 0. The molecule has 0 amide bonds. The van der Waals surface area contributed by atoms with Crippen LogP contribution in [-0.2, 0) is 0 Å². The van der Waals surface area contributed by atoms with E-state index in [1.807, 2.05) is 6.07 Å². The number of benzene rings is 2. The van der Waals surface area contributed by atoms with Gasteiger partial charge in [-0.15, -0.1) is 0 Å². The van der Waals surface area contributed by atoms with Crippen LogP contribution >= 0.6 is 0 Å². The molecular weight excluding hydrogens is 206 g/mol. The van der Waals surface area contributed by atoms with Crippen molar-refractivity contribution in [3.63, 3.8) is 0 Å². The average Bonchev–Trinajstić information content (AvgIpc) is 2.27. The number of nitrogen functional groups attached to an aromatic ring is 1. The highest BCUT2D eigenvalue weighted by Crippen LogP contribution is 2.31. The van der Waals surface area contributed by atoms with Crippen molar-refractivity contribution in [1.82, 2.24) is 0 Å². The smallest absolute Gasteiger partial charge is 0.299 e. The standard InChI is InChI=1S/C11H7N3O2/c12-6-7-1-3-9-8(5-7)2-4-10(13)11(9)14(15)16/h1-5H,13H2. The van der Waals surface area contributed by atoms with E-state index in [9.17, 15) is 10.1 Å². The lowest BCUT2D eigenvalue weighted by atomic mass is 10.0. The molecule has 2 rings (SSSR count). The summed E-state index contributed by atoms with van der Waals surface area (Å²) in [6, 6.07) is 9.80. The van der Waals surface area contributed by atoms with Gasteiger partial charge < -0.3 is 5.73 Å². The number of nitro groups is 1. The predicted octanol–water partition coefficient (Wildman–Crippen LogP) is 2.20. The lowest BCUT2D eigenvalue weighted by Crippen LogP contribution is -1.96. The van der Waals surface area contributed by atoms with Crippen LogP contribution in [0.3, 0.4) is 0 Å². The van der Waals surface area contributed by atoms with E-state index in [4.69, 9.17) is 11.0 Å². The fourth-order valence-corrected chi connectivity index (χ4v) is 1.60. The van der Waals surface area contributed by atoms with Crippen molar-refractivity contribution in [3.05, 3.63) is 46.0 Å². The Balaban J connectivity index is 2.85. The van der Waals surface area contributed by atoms with Crippen LogP contribution in [-0.4, -0.2) is 4.92 Å². The van der Waals surface area contributed by atoms with Crippen molar-refractivity contribution in [2.75, 3.05) is 5.73 Å². The summed E-state index contributed by atoms with van der Waals surface area (Å²) < 4.78 is 0. The fourth-order valence-electron chi connectivity index (χ4n) is 1.60. The molecule has 0 fully saturated rings. The van der Waals surface area contributed by atoms with Crippen LogP contribution in [0, 0.1) is 21.4 Å². The molecule has 2 aromatic rings. The van der Waals surface area contributed by atoms with Gasteiger partial charge in [0.25, 0.3) is 5.69 Å². The molecule has 78 valence electrons. The van der Waals surface area contributed by atoms with Crippen molar-refractivity contribution < 1.29 is 4.92 Å². The molecule has 5 nitrogen and oxygen atoms in total. The number of nitro benzene ring substituents is 1. The summed E-state index contributed by atoms with van der Waals surface area (Å²) in [5.41, 5.74) is 6.03. The van der Waals surface area contributed by atoms with Crippen molar-refractivity contribution in [2.24, 2.45) is 0 Å². The van der Waals surface area contributed by atoms with Crippen molar-refractivity contribution in [3.8, 4) is 6.07 Å². The van der Waals surface area contributed by atoms with Crippen molar-refractivity contribution in [1.29, 1.82) is 5.26 Å². The van der Waals surface area contributed by atoms with E-state index >= 15 is 0 Å². The van der Waals surface area contributed by atoms with Gasteiger partial charge in [0.1, 0.15) is 5.69 Å². The van der Waals surface area contributed by atoms with E-state index in [1.54, 1.807) is 18.2 Å². The molecular formula is C11H7N3O2. The van der Waals surface area contributed by atoms with E-state index in [-0.39, 0.29) is 11.4 Å². The van der Waals surface area contributed by atoms with Crippen LogP contribution in [0.5, 0.6) is 0 Å². The third-order valence-electron chi connectivity index (χ3n) is 2.33. The van der Waals surface area contributed by atoms with Gasteiger partial charge in [0.15, 0.2) is 0 Å². The van der Waals surface area contributed by atoms with Crippen LogP contribution in [0.25, 0.3) is 10.8 Å². The summed E-state index contributed by atoms with van der Waals surface area (Å²) in [5, 5.41) is 20.7. The first kappa shape index (κ1) is 9.93. The number of nitrogens with zero attached hydrogens (tertiary/aromatic N) is 2. The number of nitriles is 1. The van der Waals surface area contributed by atoms with Gasteiger partial charge in [0, 0.05) is 0 Å². The molecule has 16 heavy (non-hydrogen) atoms. The molecule has 0 saturated heterocycles. The second kappa shape index (κ2) is 3.51. The molecule has 0 aliphatic carbocycles. The quantitative estimate of drug-likeness (QED) is 0.446. The normalized spacial score (nSPS) is 9.94. The van der Waals surface area contributed by atoms with Gasteiger partial charge in [-0.2, -0.15) is 5.26 Å². The average molecular weight is 213 g/mol. The molecule has 5 heteroatoms. The molecule has 0 aliphatic heterocycles. The minimum atomic E-state index is -0.510. The molecule has 0 atom stereocenters. The predicted molar refractivity (Wildman–Crippen MR) is 59.7 cm³/mol. The Labute approximate surface area is 90.9 Å². The summed E-state index contributed by atoms with van der Waals surface area (Å²) in [6.07, 6.45) is 0. The van der Waals surface area contributed by atoms with Crippen LogP contribution in [0.4, 0.5) is 11.4 Å². The highest BCUT2D eigenvalue weighted by molar-refractivity contribution is 5.96. The largest absolute Gasteiger partial charge is 0.393 e. The zero-order valence-electron chi connectivity index (χ0n) is 8.18. The van der Waals surface area contributed by atoms with Crippen molar-refractivity contribution in [2.45, 2.75) is 0 Å². The Morgan fingerprint density at radius 1 is 1.31 bits per heavy atom. The third kappa shape index (κ3) is 1.42. The Hall–Kier alpha value is -2.61. The molecule has 0 unspecified atom stereocenters. The number of hydrogen-bond acceptors (Lipinski definition) is 4. The number of hydrogen-bond donors (Lipinski definition) is 1. The highest BCUT2D eigenvalue weighted by atomic mass is 16.6. The summed E-state index contributed by atoms with van der Waals surface area (Å²) >= 11 is 0. The Kier molecular flexibility index (Phi) is 2.18. The highest BCUT2D eigenvalue weighted by Gasteiger charge is 2.16. The molecule has 0 aliphatic rings. The van der Waals surface area contributed by atoms with Crippen LogP contribution in [0.1, 0.15) is 5.56 Å². The molecule has 0 heterocycles. The third-order valence-corrected chi connectivity index (χ3v) is 2.33. The van der Waals surface area contributed by atoms with E-state index in [0.29, 0.717) is 16.3 Å². The van der Waals surface area contributed by atoms with E-state index in [1.165, 1.54) is 12.1 Å². The van der Waals surface area contributed by atoms with Gasteiger partial charge in [0.05, 0.1) is 21.9 Å². The minimum Gasteiger partial charge on any atom is -0.393 e. The van der Waals surface area contributed by atoms with Gasteiger partial charge in [-0.05, 0) is 29.7 Å². The lowest BCUT2D eigenvalue weighted by molar-refractivity contribution is -0.382. The summed E-state index contributed by atoms with van der Waals surface area (Å²) in [4.78, 5) is 10.3. The first-order chi connectivity index (χ1) is 7.63. The van der Waals surface area contributed by atoms with Gasteiger partial charge in [-0.25, -0.2) is 0 Å². The zero-order valence-corrected chi connectivity index (χ0v) is 8.18. The number of fused-ring (bicyclic) bond motifs is 1. The van der Waals surface area contributed by atoms with Crippen LogP contribution < -0.4 is 5.73 Å². The maximum Gasteiger partial charge on any atom is 0.299 e. The molecule has 0 bridgehead atoms. The maximum absolute atomic E-state index is 10.9. The van der Waals surface area contributed by atoms with Crippen LogP contribution in [0.2, 0.25) is 0 Å². The van der Waals surface area contributed by atoms with E-state index < -0.39 is 4.92 Å². The Bertz CT molecular complexity index is 629. The first-order valence-electron chi connectivity index (χ1n) is 4.50. The second-order valence-corrected chi connectivity index (χ2v) is 3.31. The van der Waals surface area contributed by atoms with Crippen LogP contribution in [0.15, 0.2) is 30.3 Å². The summed E-state index contributed by atoms with van der Waals surface area (Å²) in [6.45, 7) is 0. The monoisotopic (exact) mass is 213 g/mol. The molecule has 0 spiro atoms. The molecule has 0 radical (unpaired) electrons. The first-order valence-corrected chi connectivity index (χ1v) is 4.50. The van der Waals surface area contributed by atoms with Gasteiger partial charge >= 0.3 is 0 Å². The van der Waals surface area contributed by atoms with E-state index in [0.717, 1.165) is 0 Å². The molecule has 0 aromatic heterocycles. The SMILES string of the molecule is N#Cc1ccc2c([N+](=O)[O-])c(N)ccc2c1. The Morgan fingerprint density at radius 3 is 2.69 bits per heavy atom. The molecule has 0 saturated carbocycles. The zero-order chi connectivity index (χ0) is 11.7. The number of nitrogens with two attached hydrogens (primary N) is 1. The van der Waals surface area contributed by atoms with Gasteiger partial charge in [0.2, 0.25) is 0 Å². The van der Waals surface area contributed by atoms with Gasteiger partial charge in [-0.1, -0.05) is 6.07 Å². The topological polar surface area (TPSA) is 92.9 Å². The number of anilines is 1. The van der Waals surface area contributed by atoms with Crippen molar-refractivity contribution >= 4 is 22.1 Å². The second-order valence-electron chi connectivity index (χ2n) is 3.31. The summed E-state index contributed by atoms with van der Waals surface area (Å²) in [5.74, 6) is 0. The Morgan fingerprint density at radius 2 is 2.06 bits per heavy atom. The minimum absolute atomic E-state index is 0.109. The lowest BCUT2D eigenvalue weighted by Gasteiger charge is -2.02.